The lowest BCUT2D eigenvalue weighted by atomic mass is 10.1. The largest absolute Gasteiger partial charge is 0.481 e. The highest BCUT2D eigenvalue weighted by Gasteiger charge is 2.17. The number of rotatable bonds is 5. The number of halogens is 1. The maximum absolute atomic E-state index is 12.9. The molecule has 0 bridgehead atoms. The number of ether oxygens (including phenoxy) is 1. The summed E-state index contributed by atoms with van der Waals surface area (Å²) < 4.78 is 23.4. The van der Waals surface area contributed by atoms with Crippen LogP contribution in [0.25, 0.3) is 11.3 Å². The fraction of sp³-hybridized carbons (Fsp3) is 0.111. The molecule has 2 aromatic carbocycles. The van der Waals surface area contributed by atoms with Gasteiger partial charge in [0.25, 0.3) is 5.91 Å². The smallest absolute Gasteiger partial charge is 0.267 e. The van der Waals surface area contributed by atoms with Crippen molar-refractivity contribution in [3.63, 3.8) is 0 Å². The van der Waals surface area contributed by atoms with Gasteiger partial charge in [0.15, 0.2) is 6.10 Å². The molecule has 3 rings (SSSR count). The van der Waals surface area contributed by atoms with Gasteiger partial charge in [0.2, 0.25) is 5.88 Å². The van der Waals surface area contributed by atoms with Crippen molar-refractivity contribution in [1.29, 1.82) is 0 Å². The molecule has 0 saturated heterocycles. The van der Waals surface area contributed by atoms with Crippen molar-refractivity contribution in [3.8, 4) is 17.0 Å². The van der Waals surface area contributed by atoms with Crippen LogP contribution in [0.5, 0.6) is 5.75 Å². The van der Waals surface area contributed by atoms with Crippen LogP contribution in [0.3, 0.4) is 0 Å². The summed E-state index contributed by atoms with van der Waals surface area (Å²) in [6.45, 7) is 1.59. The Balaban J connectivity index is 1.62. The van der Waals surface area contributed by atoms with Crippen LogP contribution >= 0.6 is 0 Å². The zero-order valence-corrected chi connectivity index (χ0v) is 12.9. The number of benzene rings is 2. The lowest BCUT2D eigenvalue weighted by molar-refractivity contribution is -0.122. The molecule has 1 heterocycles. The Hall–Kier alpha value is -3.15. The van der Waals surface area contributed by atoms with E-state index in [0.29, 0.717) is 11.4 Å². The van der Waals surface area contributed by atoms with E-state index in [0.717, 1.165) is 5.56 Å². The van der Waals surface area contributed by atoms with E-state index in [4.69, 9.17) is 9.26 Å². The van der Waals surface area contributed by atoms with Gasteiger partial charge in [-0.1, -0.05) is 35.5 Å². The van der Waals surface area contributed by atoms with Crippen molar-refractivity contribution in [3.05, 3.63) is 66.5 Å². The van der Waals surface area contributed by atoms with Gasteiger partial charge in [-0.3, -0.25) is 10.1 Å². The summed E-state index contributed by atoms with van der Waals surface area (Å²) in [7, 11) is 0. The Morgan fingerprint density at radius 3 is 2.58 bits per heavy atom. The summed E-state index contributed by atoms with van der Waals surface area (Å²) in [5.74, 6) is -0.125. The minimum atomic E-state index is -0.777. The molecule has 6 heteroatoms. The molecular formula is C18H15FN2O3. The number of anilines is 1. The van der Waals surface area contributed by atoms with Crippen LogP contribution in [0, 0.1) is 5.82 Å². The van der Waals surface area contributed by atoms with Gasteiger partial charge >= 0.3 is 0 Å². The average Bonchev–Trinajstić information content (AvgIpc) is 3.06. The van der Waals surface area contributed by atoms with Crippen LogP contribution in [-0.4, -0.2) is 17.2 Å². The first-order chi connectivity index (χ1) is 11.6. The molecular weight excluding hydrogens is 311 g/mol. The van der Waals surface area contributed by atoms with Gasteiger partial charge in [0.1, 0.15) is 17.3 Å². The van der Waals surface area contributed by atoms with Crippen molar-refractivity contribution in [2.24, 2.45) is 0 Å². The third-order valence-corrected chi connectivity index (χ3v) is 3.32. The highest BCUT2D eigenvalue weighted by atomic mass is 19.1. The van der Waals surface area contributed by atoms with E-state index in [9.17, 15) is 9.18 Å². The van der Waals surface area contributed by atoms with Gasteiger partial charge in [0.05, 0.1) is 0 Å². The monoisotopic (exact) mass is 326 g/mol. The molecule has 0 spiro atoms. The standard InChI is InChI=1S/C18H15FN2O3/c1-12(23-15-9-7-14(19)8-10-15)18(22)20-17-11-16(21-24-17)13-5-3-2-4-6-13/h2-12H,1H3,(H,20,22). The molecule has 1 amide bonds. The van der Waals surface area contributed by atoms with E-state index < -0.39 is 12.0 Å². The summed E-state index contributed by atoms with van der Waals surface area (Å²) in [5, 5.41) is 6.52. The van der Waals surface area contributed by atoms with Crippen LogP contribution in [0.4, 0.5) is 10.3 Å². The first kappa shape index (κ1) is 15.7. The predicted octanol–water partition coefficient (Wildman–Crippen LogP) is 3.89. The molecule has 1 atom stereocenters. The zero-order chi connectivity index (χ0) is 16.9. The Kier molecular flexibility index (Phi) is 4.56. The second kappa shape index (κ2) is 6.95. The Morgan fingerprint density at radius 2 is 1.88 bits per heavy atom. The van der Waals surface area contributed by atoms with E-state index in [1.807, 2.05) is 30.3 Å². The highest BCUT2D eigenvalue weighted by Crippen LogP contribution is 2.21. The Morgan fingerprint density at radius 1 is 1.17 bits per heavy atom. The molecule has 0 aliphatic rings. The first-order valence-corrected chi connectivity index (χ1v) is 7.37. The number of carbonyl (C=O) groups excluding carboxylic acids is 1. The van der Waals surface area contributed by atoms with Crippen molar-refractivity contribution >= 4 is 11.8 Å². The van der Waals surface area contributed by atoms with Crippen molar-refractivity contribution in [2.45, 2.75) is 13.0 Å². The SMILES string of the molecule is CC(Oc1ccc(F)cc1)C(=O)Nc1cc(-c2ccccc2)no1. The van der Waals surface area contributed by atoms with E-state index >= 15 is 0 Å². The quantitative estimate of drug-likeness (QED) is 0.772. The molecule has 0 aliphatic carbocycles. The van der Waals surface area contributed by atoms with Crippen molar-refractivity contribution in [2.75, 3.05) is 5.32 Å². The number of nitrogens with one attached hydrogen (secondary N) is 1. The van der Waals surface area contributed by atoms with Crippen LogP contribution in [0.2, 0.25) is 0 Å². The number of nitrogens with zero attached hydrogens (tertiary/aromatic N) is 1. The van der Waals surface area contributed by atoms with E-state index in [1.165, 1.54) is 24.3 Å². The maximum atomic E-state index is 12.9. The number of carbonyl (C=O) groups is 1. The minimum Gasteiger partial charge on any atom is -0.481 e. The van der Waals surface area contributed by atoms with Gasteiger partial charge in [0, 0.05) is 11.6 Å². The maximum Gasteiger partial charge on any atom is 0.267 e. The normalized spacial score (nSPS) is 11.8. The van der Waals surface area contributed by atoms with Gasteiger partial charge in [-0.05, 0) is 31.2 Å². The fourth-order valence-corrected chi connectivity index (χ4v) is 2.07. The van der Waals surface area contributed by atoms with E-state index in [-0.39, 0.29) is 11.7 Å². The number of hydrogen-bond acceptors (Lipinski definition) is 4. The summed E-state index contributed by atoms with van der Waals surface area (Å²) in [4.78, 5) is 12.1. The van der Waals surface area contributed by atoms with Crippen LogP contribution < -0.4 is 10.1 Å². The fourth-order valence-electron chi connectivity index (χ4n) is 2.07. The molecule has 1 unspecified atom stereocenters. The second-order valence-electron chi connectivity index (χ2n) is 5.15. The Labute approximate surface area is 138 Å². The number of aromatic nitrogens is 1. The number of amides is 1. The van der Waals surface area contributed by atoms with Gasteiger partial charge in [-0.2, -0.15) is 0 Å². The third-order valence-electron chi connectivity index (χ3n) is 3.32. The minimum absolute atomic E-state index is 0.230. The molecule has 0 fully saturated rings. The van der Waals surface area contributed by atoms with Crippen LogP contribution in [-0.2, 0) is 4.79 Å². The summed E-state index contributed by atoms with van der Waals surface area (Å²) in [5.41, 5.74) is 1.51. The molecule has 0 radical (unpaired) electrons. The lowest BCUT2D eigenvalue weighted by Crippen LogP contribution is -2.29. The molecule has 3 aromatic rings. The summed E-state index contributed by atoms with van der Waals surface area (Å²) >= 11 is 0. The van der Waals surface area contributed by atoms with Crippen molar-refractivity contribution < 1.29 is 18.4 Å². The highest BCUT2D eigenvalue weighted by molar-refractivity contribution is 5.93. The number of hydrogen-bond donors (Lipinski definition) is 1. The molecule has 1 aromatic heterocycles. The van der Waals surface area contributed by atoms with Crippen LogP contribution in [0.15, 0.2) is 65.2 Å². The first-order valence-electron chi connectivity index (χ1n) is 7.37. The molecule has 122 valence electrons. The molecule has 1 N–H and O–H groups in total. The van der Waals surface area contributed by atoms with Gasteiger partial charge < -0.3 is 9.26 Å². The van der Waals surface area contributed by atoms with E-state index in [1.54, 1.807) is 13.0 Å². The van der Waals surface area contributed by atoms with Gasteiger partial charge in [-0.25, -0.2) is 4.39 Å². The van der Waals surface area contributed by atoms with Gasteiger partial charge in [-0.15, -0.1) is 0 Å². The topological polar surface area (TPSA) is 64.4 Å². The van der Waals surface area contributed by atoms with E-state index in [2.05, 4.69) is 10.5 Å². The van der Waals surface area contributed by atoms with Crippen LogP contribution in [0.1, 0.15) is 6.92 Å². The third kappa shape index (κ3) is 3.78. The molecule has 24 heavy (non-hydrogen) atoms. The molecule has 0 aliphatic heterocycles. The Bertz CT molecular complexity index is 816. The average molecular weight is 326 g/mol. The molecule has 0 saturated carbocycles. The summed E-state index contributed by atoms with van der Waals surface area (Å²) in [6.07, 6.45) is -0.777. The van der Waals surface area contributed by atoms with Crippen molar-refractivity contribution in [1.82, 2.24) is 5.16 Å². The summed E-state index contributed by atoms with van der Waals surface area (Å²) in [6, 6.07) is 16.6. The molecule has 5 nitrogen and oxygen atoms in total. The predicted molar refractivity (Wildman–Crippen MR) is 87.1 cm³/mol. The lowest BCUT2D eigenvalue weighted by Gasteiger charge is -2.13. The zero-order valence-electron chi connectivity index (χ0n) is 12.9. The second-order valence-corrected chi connectivity index (χ2v) is 5.15.